The number of halogens is 1. The summed E-state index contributed by atoms with van der Waals surface area (Å²) in [7, 11) is 0. The highest BCUT2D eigenvalue weighted by Crippen LogP contribution is 2.21. The third-order valence-electron chi connectivity index (χ3n) is 4.55. The molecule has 4 aromatic rings. The number of H-pyrrole nitrogens is 1. The Morgan fingerprint density at radius 3 is 2.21 bits per heavy atom. The Labute approximate surface area is 160 Å². The number of nitrogens with one attached hydrogen (secondary N) is 2. The molecule has 5 nitrogen and oxygen atoms in total. The normalized spacial score (nSPS) is 10.9. The summed E-state index contributed by atoms with van der Waals surface area (Å²) >= 11 is 0. The van der Waals surface area contributed by atoms with Crippen LogP contribution in [0, 0.1) is 11.2 Å². The number of nitrogens with zero attached hydrogens (tertiary/aromatic N) is 1. The van der Waals surface area contributed by atoms with Crippen LogP contribution in [-0.2, 0) is 6.42 Å². The van der Waals surface area contributed by atoms with Crippen LogP contribution in [0.3, 0.4) is 0 Å². The van der Waals surface area contributed by atoms with E-state index in [1.807, 2.05) is 12.1 Å². The summed E-state index contributed by atoms with van der Waals surface area (Å²) in [5.74, 6) is 0.201. The molecule has 0 fully saturated rings. The van der Waals surface area contributed by atoms with Gasteiger partial charge in [0.2, 0.25) is 0 Å². The summed E-state index contributed by atoms with van der Waals surface area (Å²) in [6, 6.07) is 18.7. The lowest BCUT2D eigenvalue weighted by Gasteiger charge is -2.04. The van der Waals surface area contributed by atoms with E-state index in [-0.39, 0.29) is 23.9 Å². The number of carbonyl (C=O) groups is 1. The molecule has 0 amide bonds. The zero-order chi connectivity index (χ0) is 19.7. The summed E-state index contributed by atoms with van der Waals surface area (Å²) in [6.45, 7) is 0. The van der Waals surface area contributed by atoms with Crippen LogP contribution in [0.25, 0.3) is 22.2 Å². The molecule has 0 radical (unpaired) electrons. The van der Waals surface area contributed by atoms with Crippen molar-refractivity contribution < 1.29 is 9.18 Å². The number of ketones is 1. The Kier molecular flexibility index (Phi) is 4.45. The minimum Gasteiger partial charge on any atom is -0.384 e. The predicted octanol–water partition coefficient (Wildman–Crippen LogP) is 4.08. The molecule has 0 aliphatic rings. The number of benzene rings is 3. The third kappa shape index (κ3) is 3.53. The molecule has 4 N–H and O–H groups in total. The zero-order valence-electron chi connectivity index (χ0n) is 14.9. The van der Waals surface area contributed by atoms with Crippen LogP contribution in [0.2, 0.25) is 0 Å². The maximum Gasteiger partial charge on any atom is 0.170 e. The van der Waals surface area contributed by atoms with Crippen LogP contribution in [0.1, 0.15) is 21.7 Å². The van der Waals surface area contributed by atoms with E-state index in [2.05, 4.69) is 9.97 Å². The van der Waals surface area contributed by atoms with Crippen LogP contribution >= 0.6 is 0 Å². The van der Waals surface area contributed by atoms with E-state index >= 15 is 0 Å². The molecule has 0 aliphatic heterocycles. The zero-order valence-corrected chi connectivity index (χ0v) is 14.9. The Bertz CT molecular complexity index is 1180. The fraction of sp³-hybridized carbons (Fsp3) is 0.0455. The molecule has 0 saturated heterocycles. The van der Waals surface area contributed by atoms with E-state index in [0.29, 0.717) is 17.0 Å². The van der Waals surface area contributed by atoms with E-state index in [9.17, 15) is 9.18 Å². The molecule has 3 aromatic carbocycles. The van der Waals surface area contributed by atoms with Gasteiger partial charge in [-0.3, -0.25) is 10.2 Å². The second-order valence-corrected chi connectivity index (χ2v) is 6.51. The lowest BCUT2D eigenvalue weighted by molar-refractivity contribution is 0.0991. The number of aromatic nitrogens is 2. The molecular weight excluding hydrogens is 355 g/mol. The number of carbonyl (C=O) groups excluding carboxylic acids is 1. The molecule has 6 heteroatoms. The van der Waals surface area contributed by atoms with Crippen LogP contribution in [0.5, 0.6) is 0 Å². The van der Waals surface area contributed by atoms with Gasteiger partial charge < -0.3 is 10.7 Å². The van der Waals surface area contributed by atoms with Crippen LogP contribution in [0.15, 0.2) is 66.7 Å². The summed E-state index contributed by atoms with van der Waals surface area (Å²) < 4.78 is 13.0. The van der Waals surface area contributed by atoms with Gasteiger partial charge in [0, 0.05) is 11.1 Å². The smallest absolute Gasteiger partial charge is 0.170 e. The molecule has 138 valence electrons. The second kappa shape index (κ2) is 7.08. The van der Waals surface area contributed by atoms with E-state index < -0.39 is 0 Å². The first-order valence-corrected chi connectivity index (χ1v) is 8.72. The predicted molar refractivity (Wildman–Crippen MR) is 107 cm³/mol. The third-order valence-corrected chi connectivity index (χ3v) is 4.55. The lowest BCUT2D eigenvalue weighted by Crippen LogP contribution is -2.10. The molecule has 0 spiro atoms. The van der Waals surface area contributed by atoms with E-state index in [1.165, 1.54) is 12.1 Å². The highest BCUT2D eigenvalue weighted by Gasteiger charge is 2.12. The first-order valence-electron chi connectivity index (χ1n) is 8.72. The quantitative estimate of drug-likeness (QED) is 0.280. The van der Waals surface area contributed by atoms with Gasteiger partial charge in [0.05, 0.1) is 17.5 Å². The van der Waals surface area contributed by atoms with Gasteiger partial charge in [-0.25, -0.2) is 9.37 Å². The first-order chi connectivity index (χ1) is 13.5. The van der Waals surface area contributed by atoms with Crippen molar-refractivity contribution in [2.45, 2.75) is 6.42 Å². The summed E-state index contributed by atoms with van der Waals surface area (Å²) in [6.07, 6.45) is 0.139. The molecular formula is C22H17FN4O. The number of hydrogen-bond acceptors (Lipinski definition) is 3. The van der Waals surface area contributed by atoms with Gasteiger partial charge in [-0.05, 0) is 41.5 Å². The molecule has 1 aromatic heterocycles. The van der Waals surface area contributed by atoms with E-state index in [1.54, 1.807) is 42.5 Å². The van der Waals surface area contributed by atoms with Crippen molar-refractivity contribution in [1.82, 2.24) is 9.97 Å². The average molecular weight is 372 g/mol. The molecule has 1 heterocycles. The molecule has 4 rings (SSSR count). The monoisotopic (exact) mass is 372 g/mol. The molecule has 0 atom stereocenters. The second-order valence-electron chi connectivity index (χ2n) is 6.51. The van der Waals surface area contributed by atoms with E-state index in [0.717, 1.165) is 22.2 Å². The van der Waals surface area contributed by atoms with Crippen molar-refractivity contribution in [2.75, 3.05) is 0 Å². The Hall–Kier alpha value is -3.80. The van der Waals surface area contributed by atoms with Gasteiger partial charge in [-0.2, -0.15) is 0 Å². The minimum absolute atomic E-state index is 0.0182. The van der Waals surface area contributed by atoms with Gasteiger partial charge >= 0.3 is 0 Å². The highest BCUT2D eigenvalue weighted by atomic mass is 19.1. The molecule has 28 heavy (non-hydrogen) atoms. The Balaban J connectivity index is 1.52. The maximum atomic E-state index is 13.0. The molecule has 0 saturated carbocycles. The number of nitrogen functional groups attached to an aromatic ring is 1. The van der Waals surface area contributed by atoms with Crippen molar-refractivity contribution in [3.63, 3.8) is 0 Å². The van der Waals surface area contributed by atoms with E-state index in [4.69, 9.17) is 11.1 Å². The first kappa shape index (κ1) is 17.6. The molecule has 0 unspecified atom stereocenters. The van der Waals surface area contributed by atoms with Crippen LogP contribution in [0.4, 0.5) is 4.39 Å². The Morgan fingerprint density at radius 2 is 1.57 bits per heavy atom. The largest absolute Gasteiger partial charge is 0.384 e. The van der Waals surface area contributed by atoms with Crippen molar-refractivity contribution in [3.05, 3.63) is 89.5 Å². The Morgan fingerprint density at radius 1 is 0.964 bits per heavy atom. The van der Waals surface area contributed by atoms with Crippen molar-refractivity contribution in [1.29, 1.82) is 5.41 Å². The maximum absolute atomic E-state index is 13.0. The standard InChI is InChI=1S/C22H17FN4O/c23-17-8-5-14(6-9-17)13-1-3-15(4-2-13)20(28)12-21-26-18-10-7-16(22(24)25)11-19(18)27-21/h1-11H,12H2,(H3,24,25)(H,26,27). The number of nitrogens with two attached hydrogens (primary N) is 1. The van der Waals surface area contributed by atoms with Gasteiger partial charge in [-0.15, -0.1) is 0 Å². The number of aromatic amines is 1. The van der Waals surface area contributed by atoms with Gasteiger partial charge in [0.1, 0.15) is 17.5 Å². The number of imidazole rings is 1. The van der Waals surface area contributed by atoms with Crippen molar-refractivity contribution >= 4 is 22.7 Å². The summed E-state index contributed by atoms with van der Waals surface area (Å²) in [4.78, 5) is 20.1. The van der Waals surface area contributed by atoms with Crippen molar-refractivity contribution in [3.8, 4) is 11.1 Å². The number of rotatable bonds is 5. The number of Topliss-reactive ketones (excluding diaryl/α,β-unsaturated/α-hetero) is 1. The summed E-state index contributed by atoms with van der Waals surface area (Å²) in [5, 5.41) is 7.50. The topological polar surface area (TPSA) is 95.6 Å². The van der Waals surface area contributed by atoms with Crippen molar-refractivity contribution in [2.24, 2.45) is 5.73 Å². The lowest BCUT2D eigenvalue weighted by atomic mass is 10.0. The number of amidine groups is 1. The van der Waals surface area contributed by atoms with Gasteiger partial charge in [0.25, 0.3) is 0 Å². The fourth-order valence-corrected chi connectivity index (χ4v) is 3.06. The number of fused-ring (bicyclic) bond motifs is 1. The van der Waals surface area contributed by atoms with Crippen LogP contribution < -0.4 is 5.73 Å². The SMILES string of the molecule is N=C(N)c1ccc2nc(CC(=O)c3ccc(-c4ccc(F)cc4)cc3)[nH]c2c1. The van der Waals surface area contributed by atoms with Gasteiger partial charge in [-0.1, -0.05) is 36.4 Å². The number of hydrogen-bond donors (Lipinski definition) is 3. The highest BCUT2D eigenvalue weighted by molar-refractivity contribution is 5.99. The molecule has 0 aliphatic carbocycles. The minimum atomic E-state index is -0.281. The van der Waals surface area contributed by atoms with Crippen LogP contribution in [-0.4, -0.2) is 21.6 Å². The fourth-order valence-electron chi connectivity index (χ4n) is 3.06. The van der Waals surface area contributed by atoms with Gasteiger partial charge in [0.15, 0.2) is 5.78 Å². The average Bonchev–Trinajstić information content (AvgIpc) is 3.10. The molecule has 0 bridgehead atoms. The summed E-state index contributed by atoms with van der Waals surface area (Å²) in [5.41, 5.74) is 9.95.